The largest absolute Gasteiger partial charge is 0.495 e. The molecule has 0 fully saturated rings. The molecule has 16 heavy (non-hydrogen) atoms. The Morgan fingerprint density at radius 2 is 1.94 bits per heavy atom. The van der Waals surface area contributed by atoms with Crippen molar-refractivity contribution in [1.82, 2.24) is 9.97 Å². The Bertz CT molecular complexity index is 485. The molecule has 0 atom stereocenters. The van der Waals surface area contributed by atoms with Gasteiger partial charge >= 0.3 is 0 Å². The molecule has 2 heterocycles. The van der Waals surface area contributed by atoms with E-state index in [2.05, 4.69) is 9.97 Å². The van der Waals surface area contributed by atoms with Gasteiger partial charge in [0.2, 0.25) is 0 Å². The van der Waals surface area contributed by atoms with Crippen LogP contribution in [0.4, 0.5) is 5.82 Å². The molecule has 0 amide bonds. The average Bonchev–Trinajstić information content (AvgIpc) is 2.33. The van der Waals surface area contributed by atoms with Gasteiger partial charge in [0.15, 0.2) is 0 Å². The first-order chi connectivity index (χ1) is 7.81. The Labute approximate surface area is 94.1 Å². The predicted octanol–water partition coefficient (Wildman–Crippen LogP) is 1.66. The highest BCUT2D eigenvalue weighted by atomic mass is 16.5. The Balaban J connectivity index is 2.30. The lowest BCUT2D eigenvalue weighted by atomic mass is 10.1. The van der Waals surface area contributed by atoms with Gasteiger partial charge in [-0.3, -0.25) is 4.98 Å². The molecular formula is C12H13N3O. The van der Waals surface area contributed by atoms with Gasteiger partial charge in [0, 0.05) is 24.4 Å². The zero-order valence-corrected chi connectivity index (χ0v) is 9.05. The van der Waals surface area contributed by atoms with Crippen molar-refractivity contribution in [3.05, 3.63) is 47.9 Å². The van der Waals surface area contributed by atoms with E-state index in [1.807, 2.05) is 24.3 Å². The van der Waals surface area contributed by atoms with Crippen molar-refractivity contribution in [2.24, 2.45) is 0 Å². The van der Waals surface area contributed by atoms with Crippen LogP contribution in [0.25, 0.3) is 0 Å². The van der Waals surface area contributed by atoms with E-state index in [0.29, 0.717) is 12.2 Å². The number of hydrogen-bond acceptors (Lipinski definition) is 4. The second kappa shape index (κ2) is 4.61. The van der Waals surface area contributed by atoms with E-state index < -0.39 is 0 Å². The number of nitrogen functional groups attached to an aromatic ring is 1. The van der Waals surface area contributed by atoms with Crippen molar-refractivity contribution >= 4 is 5.82 Å². The summed E-state index contributed by atoms with van der Waals surface area (Å²) in [7, 11) is 1.63. The molecule has 82 valence electrons. The minimum absolute atomic E-state index is 0.537. The monoisotopic (exact) mass is 215 g/mol. The van der Waals surface area contributed by atoms with Crippen LogP contribution in [0, 0.1) is 0 Å². The molecule has 2 aromatic heterocycles. The third kappa shape index (κ3) is 2.11. The molecule has 2 rings (SSSR count). The van der Waals surface area contributed by atoms with Gasteiger partial charge in [0.05, 0.1) is 12.8 Å². The van der Waals surface area contributed by atoms with Crippen molar-refractivity contribution in [1.29, 1.82) is 0 Å². The number of pyridine rings is 2. The van der Waals surface area contributed by atoms with Crippen LogP contribution in [-0.2, 0) is 6.42 Å². The molecule has 0 spiro atoms. The number of nitrogens with two attached hydrogens (primary N) is 1. The van der Waals surface area contributed by atoms with Crippen molar-refractivity contribution < 1.29 is 4.74 Å². The lowest BCUT2D eigenvalue weighted by Gasteiger charge is -2.07. The molecule has 2 aromatic rings. The fourth-order valence-corrected chi connectivity index (χ4v) is 1.52. The Kier molecular flexibility index (Phi) is 3.00. The van der Waals surface area contributed by atoms with Gasteiger partial charge in [-0.05, 0) is 18.2 Å². The summed E-state index contributed by atoms with van der Waals surface area (Å²) in [4.78, 5) is 8.32. The van der Waals surface area contributed by atoms with Crippen molar-refractivity contribution in [2.75, 3.05) is 12.8 Å². The number of hydrogen-bond donors (Lipinski definition) is 1. The average molecular weight is 215 g/mol. The summed E-state index contributed by atoms with van der Waals surface area (Å²) in [6.45, 7) is 0. The van der Waals surface area contributed by atoms with E-state index in [4.69, 9.17) is 10.5 Å². The van der Waals surface area contributed by atoms with Crippen molar-refractivity contribution in [3.63, 3.8) is 0 Å². The predicted molar refractivity (Wildman–Crippen MR) is 62.2 cm³/mol. The topological polar surface area (TPSA) is 61.0 Å². The lowest BCUT2D eigenvalue weighted by Crippen LogP contribution is -2.01. The third-order valence-corrected chi connectivity index (χ3v) is 2.35. The normalized spacial score (nSPS) is 10.1. The van der Waals surface area contributed by atoms with Crippen LogP contribution in [0.3, 0.4) is 0 Å². The molecule has 0 radical (unpaired) electrons. The highest BCUT2D eigenvalue weighted by Gasteiger charge is 2.07. The molecule has 0 unspecified atom stereocenters. The van der Waals surface area contributed by atoms with Crippen molar-refractivity contribution in [2.45, 2.75) is 6.42 Å². The number of anilines is 1. The summed E-state index contributed by atoms with van der Waals surface area (Å²) in [5.41, 5.74) is 7.60. The summed E-state index contributed by atoms with van der Waals surface area (Å²) in [6.07, 6.45) is 4.04. The minimum Gasteiger partial charge on any atom is -0.495 e. The van der Waals surface area contributed by atoms with E-state index in [-0.39, 0.29) is 0 Å². The maximum Gasteiger partial charge on any atom is 0.140 e. The Hall–Kier alpha value is -2.10. The van der Waals surface area contributed by atoms with E-state index >= 15 is 0 Å². The second-order valence-electron chi connectivity index (χ2n) is 3.38. The van der Waals surface area contributed by atoms with Crippen LogP contribution in [0.15, 0.2) is 36.7 Å². The van der Waals surface area contributed by atoms with Gasteiger partial charge in [-0.25, -0.2) is 4.98 Å². The zero-order chi connectivity index (χ0) is 11.4. The van der Waals surface area contributed by atoms with Crippen LogP contribution < -0.4 is 10.5 Å². The molecule has 0 bridgehead atoms. The number of aromatic nitrogens is 2. The molecule has 0 saturated heterocycles. The number of nitrogens with zero attached hydrogens (tertiary/aromatic N) is 2. The van der Waals surface area contributed by atoms with Crippen LogP contribution in [-0.4, -0.2) is 17.1 Å². The molecule has 4 nitrogen and oxygen atoms in total. The second-order valence-corrected chi connectivity index (χ2v) is 3.38. The fraction of sp³-hybridized carbons (Fsp3) is 0.167. The highest BCUT2D eigenvalue weighted by molar-refractivity contribution is 5.43. The highest BCUT2D eigenvalue weighted by Crippen LogP contribution is 2.20. The zero-order valence-electron chi connectivity index (χ0n) is 9.05. The van der Waals surface area contributed by atoms with E-state index in [9.17, 15) is 0 Å². The standard InChI is InChI=1S/C12H13N3O/c1-16-11-5-3-6-14-10(11)8-9-4-2-7-15-12(9)13/h2-7H,8H2,1H3,(H2,13,15). The smallest absolute Gasteiger partial charge is 0.140 e. The first-order valence-corrected chi connectivity index (χ1v) is 4.98. The maximum atomic E-state index is 5.78. The lowest BCUT2D eigenvalue weighted by molar-refractivity contribution is 0.408. The van der Waals surface area contributed by atoms with Crippen LogP contribution in [0.2, 0.25) is 0 Å². The van der Waals surface area contributed by atoms with Crippen LogP contribution >= 0.6 is 0 Å². The molecular weight excluding hydrogens is 202 g/mol. The first kappa shape index (κ1) is 10.4. The molecule has 0 saturated carbocycles. The van der Waals surface area contributed by atoms with Gasteiger partial charge in [-0.2, -0.15) is 0 Å². The minimum atomic E-state index is 0.537. The molecule has 0 aliphatic rings. The van der Waals surface area contributed by atoms with Crippen LogP contribution in [0.1, 0.15) is 11.3 Å². The van der Waals surface area contributed by atoms with E-state index in [0.717, 1.165) is 17.0 Å². The number of methoxy groups -OCH3 is 1. The molecule has 0 aromatic carbocycles. The fourth-order valence-electron chi connectivity index (χ4n) is 1.52. The number of ether oxygens (including phenoxy) is 1. The van der Waals surface area contributed by atoms with Crippen molar-refractivity contribution in [3.8, 4) is 5.75 Å². The summed E-state index contributed by atoms with van der Waals surface area (Å²) in [5, 5.41) is 0. The maximum absolute atomic E-state index is 5.78. The summed E-state index contributed by atoms with van der Waals surface area (Å²) < 4.78 is 5.23. The van der Waals surface area contributed by atoms with E-state index in [1.54, 1.807) is 19.5 Å². The van der Waals surface area contributed by atoms with Gasteiger partial charge in [0.1, 0.15) is 11.6 Å². The molecule has 4 heteroatoms. The summed E-state index contributed by atoms with van der Waals surface area (Å²) in [5.74, 6) is 1.31. The summed E-state index contributed by atoms with van der Waals surface area (Å²) >= 11 is 0. The molecule has 0 aliphatic heterocycles. The van der Waals surface area contributed by atoms with Gasteiger partial charge < -0.3 is 10.5 Å². The van der Waals surface area contributed by atoms with Crippen LogP contribution in [0.5, 0.6) is 5.75 Å². The summed E-state index contributed by atoms with van der Waals surface area (Å²) in [6, 6.07) is 7.53. The SMILES string of the molecule is COc1cccnc1Cc1cccnc1N. The van der Waals surface area contributed by atoms with Gasteiger partial charge in [0.25, 0.3) is 0 Å². The van der Waals surface area contributed by atoms with Gasteiger partial charge in [-0.15, -0.1) is 0 Å². The third-order valence-electron chi connectivity index (χ3n) is 2.35. The molecule has 2 N–H and O–H groups in total. The Morgan fingerprint density at radius 3 is 2.69 bits per heavy atom. The Morgan fingerprint density at radius 1 is 1.19 bits per heavy atom. The van der Waals surface area contributed by atoms with E-state index in [1.165, 1.54) is 0 Å². The first-order valence-electron chi connectivity index (χ1n) is 4.98. The molecule has 0 aliphatic carbocycles. The number of rotatable bonds is 3. The van der Waals surface area contributed by atoms with Gasteiger partial charge in [-0.1, -0.05) is 6.07 Å². The quantitative estimate of drug-likeness (QED) is 0.845.